The van der Waals surface area contributed by atoms with Gasteiger partial charge in [-0.05, 0) is 25.3 Å². The Balaban J connectivity index is 2.44. The van der Waals surface area contributed by atoms with Crippen LogP contribution in [0.25, 0.3) is 0 Å². The van der Waals surface area contributed by atoms with E-state index in [2.05, 4.69) is 15.9 Å². The number of aliphatic hydroxyl groups is 2. The highest BCUT2D eigenvalue weighted by Crippen LogP contribution is 2.37. The molecule has 2 rings (SSSR count). The van der Waals surface area contributed by atoms with Gasteiger partial charge in [-0.2, -0.15) is 0 Å². The fraction of sp³-hybridized carbons (Fsp3) is 0.500. The van der Waals surface area contributed by atoms with Crippen LogP contribution in [-0.2, 0) is 11.2 Å². The van der Waals surface area contributed by atoms with Crippen LogP contribution in [-0.4, -0.2) is 49.5 Å². The van der Waals surface area contributed by atoms with Gasteiger partial charge in [-0.3, -0.25) is 0 Å². The number of allylic oxidation sites excluding steroid dienone is 1. The van der Waals surface area contributed by atoms with E-state index in [1.807, 2.05) is 0 Å². The van der Waals surface area contributed by atoms with Crippen LogP contribution in [0.2, 0.25) is 5.02 Å². The predicted octanol–water partition coefficient (Wildman–Crippen LogP) is 3.06. The molecule has 1 heterocycles. The average molecular weight is 450 g/mol. The summed E-state index contributed by atoms with van der Waals surface area (Å²) >= 11 is 9.51. The van der Waals surface area contributed by atoms with Gasteiger partial charge in [0.15, 0.2) is 0 Å². The van der Waals surface area contributed by atoms with Crippen molar-refractivity contribution in [3.63, 3.8) is 0 Å². The average Bonchev–Trinajstić information content (AvgIpc) is 2.54. The number of alkyl halides is 1. The number of phenols is 2. The Kier molecular flexibility index (Phi) is 7.34. The number of aliphatic hydroxyl groups excluding tert-OH is 2. The van der Waals surface area contributed by atoms with Gasteiger partial charge in [0.2, 0.25) is 0 Å². The second-order valence-electron chi connectivity index (χ2n) is 6.39. The number of esters is 1. The maximum atomic E-state index is 12.5. The number of cyclic esters (lactones) is 1. The molecular weight excluding hydrogens is 428 g/mol. The molecule has 0 spiro atoms. The summed E-state index contributed by atoms with van der Waals surface area (Å²) in [5.74, 6) is -1.71. The second-order valence-corrected chi connectivity index (χ2v) is 7.95. The van der Waals surface area contributed by atoms with Crippen LogP contribution in [0.1, 0.15) is 42.1 Å². The largest absolute Gasteiger partial charge is 0.507 e. The number of ether oxygens (including phenoxy) is 1. The van der Waals surface area contributed by atoms with Crippen molar-refractivity contribution in [3.05, 3.63) is 34.4 Å². The summed E-state index contributed by atoms with van der Waals surface area (Å²) in [5, 5.41) is 40.3. The maximum Gasteiger partial charge on any atom is 0.342 e. The number of rotatable bonds is 0. The summed E-state index contributed by atoms with van der Waals surface area (Å²) in [6.45, 7) is 1.64. The van der Waals surface area contributed by atoms with Gasteiger partial charge in [-0.15, -0.1) is 0 Å². The topological polar surface area (TPSA) is 107 Å². The maximum absolute atomic E-state index is 12.5. The molecule has 4 N–H and O–H groups in total. The third-order valence-electron chi connectivity index (χ3n) is 4.21. The van der Waals surface area contributed by atoms with Crippen molar-refractivity contribution in [1.29, 1.82) is 0 Å². The number of fused-ring (bicyclic) bond motifs is 1. The van der Waals surface area contributed by atoms with Crippen molar-refractivity contribution in [2.24, 2.45) is 0 Å². The van der Waals surface area contributed by atoms with E-state index >= 15 is 0 Å². The quantitative estimate of drug-likeness (QED) is 0.275. The molecule has 0 aliphatic carbocycles. The monoisotopic (exact) mass is 448 g/mol. The smallest absolute Gasteiger partial charge is 0.342 e. The molecule has 0 unspecified atom stereocenters. The lowest BCUT2D eigenvalue weighted by atomic mass is 9.98. The van der Waals surface area contributed by atoms with Gasteiger partial charge >= 0.3 is 5.97 Å². The van der Waals surface area contributed by atoms with Gasteiger partial charge in [0.05, 0.1) is 17.2 Å². The zero-order valence-electron chi connectivity index (χ0n) is 14.2. The number of hydrogen-bond donors (Lipinski definition) is 4. The fourth-order valence-corrected chi connectivity index (χ4v) is 3.57. The molecule has 6 nitrogen and oxygen atoms in total. The van der Waals surface area contributed by atoms with Gasteiger partial charge in [0, 0.05) is 23.7 Å². The minimum atomic E-state index is -0.973. The van der Waals surface area contributed by atoms with Crippen molar-refractivity contribution in [1.82, 2.24) is 0 Å². The third-order valence-corrected chi connectivity index (χ3v) is 5.69. The second kappa shape index (κ2) is 9.08. The van der Waals surface area contributed by atoms with E-state index < -0.39 is 35.8 Å². The van der Waals surface area contributed by atoms with Gasteiger partial charge in [-0.25, -0.2) is 4.79 Å². The summed E-state index contributed by atoms with van der Waals surface area (Å²) in [6.07, 6.45) is 2.43. The predicted molar refractivity (Wildman–Crippen MR) is 101 cm³/mol. The highest BCUT2D eigenvalue weighted by Gasteiger charge is 2.27. The molecule has 0 amide bonds. The van der Waals surface area contributed by atoms with Crippen LogP contribution in [0, 0.1) is 0 Å². The van der Waals surface area contributed by atoms with E-state index in [0.717, 1.165) is 6.07 Å². The standard InChI is InChI=1S/C18H22BrClO6/c1-9-6-13(22)12(19)5-3-2-4-10(21)7-11-16(18(25)26-9)14(23)8-15(24)17(11)20/h2,4,8-10,12-13,21-24H,3,5-7H2,1H3/t9-,10+,12-,13+/m1/s1. The van der Waals surface area contributed by atoms with Crippen LogP contribution in [0.3, 0.4) is 0 Å². The Hall–Kier alpha value is -1.28. The normalized spacial score (nSPS) is 28.1. The first kappa shape index (κ1) is 21.0. The lowest BCUT2D eigenvalue weighted by Crippen LogP contribution is -2.28. The first-order valence-electron chi connectivity index (χ1n) is 8.31. The van der Waals surface area contributed by atoms with Crippen LogP contribution in [0.15, 0.2) is 18.2 Å². The van der Waals surface area contributed by atoms with Crippen molar-refractivity contribution in [2.75, 3.05) is 0 Å². The Bertz CT molecular complexity index is 693. The first-order valence-corrected chi connectivity index (χ1v) is 9.61. The molecule has 1 aromatic rings. The summed E-state index contributed by atoms with van der Waals surface area (Å²) in [7, 11) is 0. The zero-order valence-corrected chi connectivity index (χ0v) is 16.6. The van der Waals surface area contributed by atoms with Crippen LogP contribution in [0.5, 0.6) is 11.5 Å². The summed E-state index contributed by atoms with van der Waals surface area (Å²) in [6, 6.07) is 0.960. The van der Waals surface area contributed by atoms with Gasteiger partial charge in [0.1, 0.15) is 23.2 Å². The number of halogens is 2. The minimum absolute atomic E-state index is 0.0729. The van der Waals surface area contributed by atoms with Gasteiger partial charge in [-0.1, -0.05) is 39.7 Å². The number of carbonyl (C=O) groups is 1. The van der Waals surface area contributed by atoms with Gasteiger partial charge in [0.25, 0.3) is 0 Å². The number of benzene rings is 1. The summed E-state index contributed by atoms with van der Waals surface area (Å²) < 4.78 is 5.33. The molecule has 1 aliphatic heterocycles. The first-order chi connectivity index (χ1) is 12.2. The molecule has 0 fully saturated rings. The van der Waals surface area contributed by atoms with E-state index in [1.54, 1.807) is 19.1 Å². The van der Waals surface area contributed by atoms with E-state index in [4.69, 9.17) is 16.3 Å². The highest BCUT2D eigenvalue weighted by atomic mass is 79.9. The number of hydrogen-bond acceptors (Lipinski definition) is 6. The minimum Gasteiger partial charge on any atom is -0.507 e. The number of phenolic OH excluding ortho intramolecular Hbond substituents is 2. The third kappa shape index (κ3) is 5.13. The Morgan fingerprint density at radius 1 is 1.27 bits per heavy atom. The lowest BCUT2D eigenvalue weighted by Gasteiger charge is -2.22. The van der Waals surface area contributed by atoms with Crippen LogP contribution >= 0.6 is 27.5 Å². The molecule has 0 saturated heterocycles. The summed E-state index contributed by atoms with van der Waals surface area (Å²) in [4.78, 5) is 12.4. The van der Waals surface area contributed by atoms with E-state index in [9.17, 15) is 25.2 Å². The van der Waals surface area contributed by atoms with Crippen LogP contribution < -0.4 is 0 Å². The molecule has 8 heteroatoms. The van der Waals surface area contributed by atoms with Crippen molar-refractivity contribution < 1.29 is 30.0 Å². The Labute approximate surface area is 165 Å². The van der Waals surface area contributed by atoms with E-state index in [1.165, 1.54) is 0 Å². The molecule has 0 bridgehead atoms. The van der Waals surface area contributed by atoms with Crippen molar-refractivity contribution in [3.8, 4) is 11.5 Å². The summed E-state index contributed by atoms with van der Waals surface area (Å²) in [5.41, 5.74) is -0.0939. The van der Waals surface area contributed by atoms with Gasteiger partial charge < -0.3 is 25.2 Å². The van der Waals surface area contributed by atoms with Crippen LogP contribution in [0.4, 0.5) is 0 Å². The Morgan fingerprint density at radius 3 is 2.65 bits per heavy atom. The molecule has 0 saturated carbocycles. The Morgan fingerprint density at radius 2 is 1.96 bits per heavy atom. The molecule has 26 heavy (non-hydrogen) atoms. The molecule has 0 aromatic heterocycles. The molecule has 0 radical (unpaired) electrons. The van der Waals surface area contributed by atoms with E-state index in [-0.39, 0.29) is 33.8 Å². The number of aromatic hydroxyl groups is 2. The highest BCUT2D eigenvalue weighted by molar-refractivity contribution is 9.09. The molecular formula is C18H22BrClO6. The van der Waals surface area contributed by atoms with E-state index in [0.29, 0.717) is 12.8 Å². The SMILES string of the molecule is C[C@@H]1C[C@H](O)[C@H](Br)CCC=C[C@H](O)Cc2c(Cl)c(O)cc(O)c2C(=O)O1. The fourth-order valence-electron chi connectivity index (χ4n) is 2.86. The van der Waals surface area contributed by atoms with Crippen molar-refractivity contribution in [2.45, 2.75) is 55.7 Å². The zero-order chi connectivity index (χ0) is 19.4. The molecule has 1 aromatic carbocycles. The van der Waals surface area contributed by atoms with Crippen molar-refractivity contribution >= 4 is 33.5 Å². The molecule has 1 aliphatic rings. The number of carbonyl (C=O) groups excluding carboxylic acids is 1. The molecule has 144 valence electrons. The molecule has 4 atom stereocenters. The lowest BCUT2D eigenvalue weighted by molar-refractivity contribution is 0.0195.